The lowest BCUT2D eigenvalue weighted by atomic mass is 10.0. The van der Waals surface area contributed by atoms with E-state index in [1.165, 1.54) is 13.2 Å². The highest BCUT2D eigenvalue weighted by atomic mass is 16.5. The number of benzene rings is 1. The lowest BCUT2D eigenvalue weighted by Crippen LogP contribution is -1.99. The summed E-state index contributed by atoms with van der Waals surface area (Å²) in [7, 11) is 3.07. The van der Waals surface area contributed by atoms with Crippen LogP contribution in [-0.4, -0.2) is 19.3 Å². The predicted molar refractivity (Wildman–Crippen MR) is 69.9 cm³/mol. The summed E-state index contributed by atoms with van der Waals surface area (Å²) in [6.45, 7) is 1.84. The van der Waals surface area contributed by atoms with Gasteiger partial charge in [0.25, 0.3) is 0 Å². The van der Waals surface area contributed by atoms with Gasteiger partial charge in [0.1, 0.15) is 23.0 Å². The van der Waals surface area contributed by atoms with Gasteiger partial charge in [-0.2, -0.15) is 0 Å². The fourth-order valence-electron chi connectivity index (χ4n) is 1.90. The zero-order chi connectivity index (χ0) is 14.0. The van der Waals surface area contributed by atoms with E-state index >= 15 is 0 Å². The maximum Gasteiger partial charge on any atom is 0.339 e. The van der Waals surface area contributed by atoms with Crippen molar-refractivity contribution in [3.63, 3.8) is 0 Å². The van der Waals surface area contributed by atoms with Gasteiger partial charge in [-0.1, -0.05) is 0 Å². The van der Waals surface area contributed by atoms with E-state index in [9.17, 15) is 9.90 Å². The molecule has 2 aromatic rings. The predicted octanol–water partition coefficient (Wildman–Crippen LogP) is 2.34. The average Bonchev–Trinajstić information content (AvgIpc) is 2.36. The summed E-state index contributed by atoms with van der Waals surface area (Å²) >= 11 is 0. The van der Waals surface area contributed by atoms with E-state index in [2.05, 4.69) is 0 Å². The van der Waals surface area contributed by atoms with Crippen molar-refractivity contribution >= 4 is 0 Å². The minimum atomic E-state index is -0.618. The van der Waals surface area contributed by atoms with E-state index in [0.717, 1.165) is 11.6 Å². The number of hydrogen-bond acceptors (Lipinski definition) is 5. The molecule has 0 bridgehead atoms. The van der Waals surface area contributed by atoms with Crippen LogP contribution in [0.25, 0.3) is 11.3 Å². The van der Waals surface area contributed by atoms with Gasteiger partial charge in [0.15, 0.2) is 0 Å². The topological polar surface area (TPSA) is 68.9 Å². The van der Waals surface area contributed by atoms with Crippen molar-refractivity contribution in [2.45, 2.75) is 6.92 Å². The molecule has 0 saturated carbocycles. The Morgan fingerprint density at radius 1 is 1.11 bits per heavy atom. The van der Waals surface area contributed by atoms with Crippen LogP contribution in [0.1, 0.15) is 5.56 Å². The molecule has 0 fully saturated rings. The van der Waals surface area contributed by atoms with E-state index in [1.807, 2.05) is 6.92 Å². The Labute approximate surface area is 110 Å². The first kappa shape index (κ1) is 13.0. The largest absolute Gasteiger partial charge is 0.508 e. The summed E-state index contributed by atoms with van der Waals surface area (Å²) in [5, 5.41) is 9.48. The number of methoxy groups -OCH3 is 2. The molecule has 0 spiro atoms. The van der Waals surface area contributed by atoms with Crippen molar-refractivity contribution in [3.8, 4) is 28.6 Å². The maximum absolute atomic E-state index is 11.3. The molecule has 1 N–H and O–H groups in total. The standard InChI is InChI=1S/C14H14O5/c1-8-4-10(17-2)7-11(18-3)14(8)12-5-9(15)6-13(16)19-12/h4-7,15H,1-3H3. The third-order valence-corrected chi connectivity index (χ3v) is 2.73. The van der Waals surface area contributed by atoms with E-state index < -0.39 is 5.63 Å². The van der Waals surface area contributed by atoms with Gasteiger partial charge in [0, 0.05) is 12.1 Å². The fourth-order valence-corrected chi connectivity index (χ4v) is 1.90. The Morgan fingerprint density at radius 2 is 1.84 bits per heavy atom. The minimum absolute atomic E-state index is 0.150. The van der Waals surface area contributed by atoms with Crippen molar-refractivity contribution in [2.75, 3.05) is 14.2 Å². The third-order valence-electron chi connectivity index (χ3n) is 2.73. The number of hydrogen-bond donors (Lipinski definition) is 1. The van der Waals surface area contributed by atoms with Crippen LogP contribution in [-0.2, 0) is 0 Å². The van der Waals surface area contributed by atoms with Crippen LogP contribution in [0.4, 0.5) is 0 Å². The molecule has 0 atom stereocenters. The Morgan fingerprint density at radius 3 is 2.42 bits per heavy atom. The second kappa shape index (κ2) is 5.06. The molecule has 0 radical (unpaired) electrons. The Balaban J connectivity index is 2.70. The van der Waals surface area contributed by atoms with Crippen molar-refractivity contribution in [3.05, 3.63) is 40.2 Å². The average molecular weight is 262 g/mol. The van der Waals surface area contributed by atoms with Crippen LogP contribution in [0.5, 0.6) is 17.2 Å². The molecule has 19 heavy (non-hydrogen) atoms. The Hall–Kier alpha value is -2.43. The molecule has 5 nitrogen and oxygen atoms in total. The third kappa shape index (κ3) is 2.54. The molecule has 0 aliphatic carbocycles. The van der Waals surface area contributed by atoms with Gasteiger partial charge in [-0.25, -0.2) is 4.79 Å². The summed E-state index contributed by atoms with van der Waals surface area (Å²) in [5.41, 5.74) is 0.800. The van der Waals surface area contributed by atoms with Crippen LogP contribution >= 0.6 is 0 Å². The Bertz CT molecular complexity index is 657. The normalized spacial score (nSPS) is 10.3. The van der Waals surface area contributed by atoms with E-state index in [4.69, 9.17) is 13.9 Å². The zero-order valence-electron chi connectivity index (χ0n) is 10.9. The van der Waals surface area contributed by atoms with Crippen LogP contribution < -0.4 is 15.1 Å². The van der Waals surface area contributed by atoms with Crippen molar-refractivity contribution in [2.24, 2.45) is 0 Å². The number of rotatable bonds is 3. The number of ether oxygens (including phenoxy) is 2. The SMILES string of the molecule is COc1cc(C)c(-c2cc(O)cc(=O)o2)c(OC)c1. The molecule has 0 unspecified atom stereocenters. The molecular formula is C14H14O5. The smallest absolute Gasteiger partial charge is 0.339 e. The van der Waals surface area contributed by atoms with Gasteiger partial charge in [0.05, 0.1) is 25.8 Å². The highest BCUT2D eigenvalue weighted by Gasteiger charge is 2.15. The van der Waals surface area contributed by atoms with Crippen molar-refractivity contribution in [1.82, 2.24) is 0 Å². The second-order valence-corrected chi connectivity index (χ2v) is 4.02. The molecule has 1 aromatic heterocycles. The summed E-state index contributed by atoms with van der Waals surface area (Å²) in [6.07, 6.45) is 0. The van der Waals surface area contributed by atoms with E-state index in [0.29, 0.717) is 17.1 Å². The first-order valence-corrected chi connectivity index (χ1v) is 5.62. The molecule has 1 aromatic carbocycles. The van der Waals surface area contributed by atoms with Gasteiger partial charge in [-0.15, -0.1) is 0 Å². The van der Waals surface area contributed by atoms with E-state index in [1.54, 1.807) is 19.2 Å². The highest BCUT2D eigenvalue weighted by molar-refractivity contribution is 5.71. The van der Waals surface area contributed by atoms with Crippen molar-refractivity contribution < 1.29 is 19.0 Å². The number of aromatic hydroxyl groups is 1. The maximum atomic E-state index is 11.3. The highest BCUT2D eigenvalue weighted by Crippen LogP contribution is 2.37. The van der Waals surface area contributed by atoms with Gasteiger partial charge >= 0.3 is 5.63 Å². The molecule has 0 aliphatic heterocycles. The first-order valence-electron chi connectivity index (χ1n) is 5.62. The summed E-state index contributed by atoms with van der Waals surface area (Å²) in [6, 6.07) is 5.86. The molecule has 100 valence electrons. The van der Waals surface area contributed by atoms with Crippen LogP contribution in [0.3, 0.4) is 0 Å². The monoisotopic (exact) mass is 262 g/mol. The first-order chi connectivity index (χ1) is 9.05. The minimum Gasteiger partial charge on any atom is -0.508 e. The molecule has 5 heteroatoms. The van der Waals surface area contributed by atoms with Gasteiger partial charge in [-0.3, -0.25) is 0 Å². The summed E-state index contributed by atoms with van der Waals surface area (Å²) < 4.78 is 15.5. The van der Waals surface area contributed by atoms with Gasteiger partial charge < -0.3 is 19.0 Å². The molecule has 1 heterocycles. The van der Waals surface area contributed by atoms with Crippen molar-refractivity contribution in [1.29, 1.82) is 0 Å². The summed E-state index contributed by atoms with van der Waals surface area (Å²) in [5.74, 6) is 1.25. The van der Waals surface area contributed by atoms with Gasteiger partial charge in [-0.05, 0) is 18.6 Å². The molecule has 0 saturated heterocycles. The van der Waals surface area contributed by atoms with Crippen LogP contribution in [0.2, 0.25) is 0 Å². The quantitative estimate of drug-likeness (QED) is 0.919. The van der Waals surface area contributed by atoms with E-state index in [-0.39, 0.29) is 11.5 Å². The number of aryl methyl sites for hydroxylation is 1. The molecule has 0 amide bonds. The van der Waals surface area contributed by atoms with Crippen LogP contribution in [0.15, 0.2) is 33.5 Å². The van der Waals surface area contributed by atoms with Gasteiger partial charge in [0.2, 0.25) is 0 Å². The summed E-state index contributed by atoms with van der Waals surface area (Å²) in [4.78, 5) is 11.3. The molecule has 0 aliphatic rings. The molecular weight excluding hydrogens is 248 g/mol. The zero-order valence-corrected chi connectivity index (χ0v) is 10.9. The lowest BCUT2D eigenvalue weighted by molar-refractivity contribution is 0.393. The van der Waals surface area contributed by atoms with Crippen LogP contribution in [0, 0.1) is 6.92 Å². The lowest BCUT2D eigenvalue weighted by Gasteiger charge is -2.12. The Kier molecular flexibility index (Phi) is 3.46. The molecule has 2 rings (SSSR count). The fraction of sp³-hybridized carbons (Fsp3) is 0.214. The second-order valence-electron chi connectivity index (χ2n) is 4.02.